The second-order valence-corrected chi connectivity index (χ2v) is 11.9. The van der Waals surface area contributed by atoms with Gasteiger partial charge in [-0.05, 0) is 48.1 Å². The van der Waals surface area contributed by atoms with Crippen LogP contribution in [0.5, 0.6) is 0 Å². The number of carbonyl (C=O) groups excluding carboxylic acids is 1. The summed E-state index contributed by atoms with van der Waals surface area (Å²) in [6, 6.07) is 13.8. The number of carbonyl (C=O) groups is 1. The van der Waals surface area contributed by atoms with E-state index in [1.807, 2.05) is 24.3 Å². The van der Waals surface area contributed by atoms with Gasteiger partial charge >= 0.3 is 0 Å². The highest BCUT2D eigenvalue weighted by atomic mass is 32.3. The first-order valence-corrected chi connectivity index (χ1v) is 13.6. The maximum atomic E-state index is 14.0. The molecule has 2 heterocycles. The lowest BCUT2D eigenvalue weighted by molar-refractivity contribution is -0.123. The van der Waals surface area contributed by atoms with Crippen LogP contribution in [0.2, 0.25) is 0 Å². The smallest absolute Gasteiger partial charge is 0.222 e. The van der Waals surface area contributed by atoms with Crippen LogP contribution in [0, 0.1) is 5.82 Å². The fraction of sp³-hybridized carbons (Fsp3) is 0.333. The Bertz CT molecular complexity index is 1100. The van der Waals surface area contributed by atoms with Crippen molar-refractivity contribution >= 4 is 27.8 Å². The molecule has 1 atom stereocenters. The molecule has 0 bridgehead atoms. The van der Waals surface area contributed by atoms with Crippen molar-refractivity contribution in [3.63, 3.8) is 0 Å². The summed E-state index contributed by atoms with van der Waals surface area (Å²) in [7, 11) is -2.65. The van der Waals surface area contributed by atoms with E-state index < -0.39 is 22.2 Å². The van der Waals surface area contributed by atoms with Crippen LogP contribution < -0.4 is 11.1 Å². The summed E-state index contributed by atoms with van der Waals surface area (Å²) in [5, 5.41) is 3.16. The maximum absolute atomic E-state index is 14.0. The molecule has 1 aliphatic heterocycles. The van der Waals surface area contributed by atoms with Gasteiger partial charge in [0.25, 0.3) is 0 Å². The molecule has 1 aromatic heterocycles. The van der Waals surface area contributed by atoms with Gasteiger partial charge in [0.1, 0.15) is 5.82 Å². The number of hydrogen-bond acceptors (Lipinski definition) is 6. The van der Waals surface area contributed by atoms with Gasteiger partial charge < -0.3 is 11.1 Å². The van der Waals surface area contributed by atoms with E-state index in [2.05, 4.69) is 10.3 Å². The number of rotatable bonds is 7. The second-order valence-electron chi connectivity index (χ2n) is 8.55. The van der Waals surface area contributed by atoms with E-state index in [1.165, 1.54) is 17.4 Å². The van der Waals surface area contributed by atoms with Crippen molar-refractivity contribution in [2.45, 2.75) is 37.3 Å². The number of hydrogen-bond donors (Lipinski definition) is 4. The lowest BCUT2D eigenvalue weighted by atomic mass is 9.83. The minimum atomic E-state index is -2.65. The Hall–Kier alpha value is -2.30. The lowest BCUT2D eigenvalue weighted by Crippen LogP contribution is -2.51. The third-order valence-electron chi connectivity index (χ3n) is 6.11. The summed E-state index contributed by atoms with van der Waals surface area (Å²) >= 11 is 1.53. The average molecular weight is 490 g/mol. The van der Waals surface area contributed by atoms with Crippen LogP contribution in [0.4, 0.5) is 4.39 Å². The molecule has 0 aliphatic carbocycles. The van der Waals surface area contributed by atoms with E-state index in [0.29, 0.717) is 18.4 Å². The van der Waals surface area contributed by atoms with Crippen LogP contribution in [0.3, 0.4) is 0 Å². The number of nitrogens with zero attached hydrogens (tertiary/aromatic N) is 1. The summed E-state index contributed by atoms with van der Waals surface area (Å²) in [4.78, 5) is 18.2. The topological polar surface area (TPSA) is 108 Å². The van der Waals surface area contributed by atoms with Crippen LogP contribution >= 0.6 is 21.9 Å². The molecule has 0 unspecified atom stereocenters. The Balaban J connectivity index is 1.53. The van der Waals surface area contributed by atoms with Gasteiger partial charge in [-0.25, -0.2) is 4.39 Å². The van der Waals surface area contributed by atoms with Crippen LogP contribution in [0.25, 0.3) is 10.4 Å². The monoisotopic (exact) mass is 489 g/mol. The molecule has 1 fully saturated rings. The van der Waals surface area contributed by atoms with Gasteiger partial charge in [0.2, 0.25) is 5.91 Å². The van der Waals surface area contributed by atoms with Crippen molar-refractivity contribution in [1.29, 1.82) is 0 Å². The van der Waals surface area contributed by atoms with Gasteiger partial charge in [0.15, 0.2) is 0 Å². The standard InChI is InChI=1S/C24H28FN3O3S2/c25-21-7-2-1-4-17(21)13-20(26)14-23(29)28-24(8-10-33(30,31)11-9-24)19-6-3-5-18(12-19)22-15-27-16-32-22/h1-7,12,15-16,20,30-31H,8-11,13-14,26H2,(H,28,29)/t20-/m1/s1. The van der Waals surface area contributed by atoms with Crippen LogP contribution in [0.15, 0.2) is 60.2 Å². The molecular weight excluding hydrogens is 461 g/mol. The third kappa shape index (κ3) is 5.80. The van der Waals surface area contributed by atoms with Gasteiger partial charge in [0.05, 0.1) is 15.9 Å². The molecule has 9 heteroatoms. The highest BCUT2D eigenvalue weighted by molar-refractivity contribution is 8.24. The zero-order valence-electron chi connectivity index (χ0n) is 18.1. The number of nitrogens with one attached hydrogen (secondary N) is 1. The SMILES string of the molecule is N[C@@H](CC(=O)NC1(c2cccc(-c3cncs3)c2)CCS(O)(O)CC1)Cc1ccccc1F. The molecule has 5 N–H and O–H groups in total. The largest absolute Gasteiger partial charge is 0.346 e. The van der Waals surface area contributed by atoms with Crippen LogP contribution in [-0.2, 0) is 16.8 Å². The Morgan fingerprint density at radius 2 is 1.97 bits per heavy atom. The first kappa shape index (κ1) is 23.8. The maximum Gasteiger partial charge on any atom is 0.222 e. The molecule has 3 aromatic rings. The fourth-order valence-corrected chi connectivity index (χ4v) is 6.47. The highest BCUT2D eigenvalue weighted by Gasteiger charge is 2.40. The molecule has 6 nitrogen and oxygen atoms in total. The van der Waals surface area contributed by atoms with Gasteiger partial charge in [0, 0.05) is 30.2 Å². The molecule has 1 saturated heterocycles. The van der Waals surface area contributed by atoms with Crippen molar-refractivity contribution in [2.75, 3.05) is 11.5 Å². The van der Waals surface area contributed by atoms with Crippen molar-refractivity contribution < 1.29 is 18.3 Å². The van der Waals surface area contributed by atoms with Gasteiger partial charge in [-0.15, -0.1) is 11.3 Å². The highest BCUT2D eigenvalue weighted by Crippen LogP contribution is 2.50. The Kier molecular flexibility index (Phi) is 7.16. The summed E-state index contributed by atoms with van der Waals surface area (Å²) in [5.41, 5.74) is 9.63. The van der Waals surface area contributed by atoms with E-state index >= 15 is 0 Å². The van der Waals surface area contributed by atoms with E-state index in [9.17, 15) is 18.3 Å². The predicted molar refractivity (Wildman–Crippen MR) is 132 cm³/mol. The number of halogens is 1. The van der Waals surface area contributed by atoms with Crippen molar-refractivity contribution in [1.82, 2.24) is 10.3 Å². The number of nitrogens with two attached hydrogens (primary N) is 1. The Labute approximate surface area is 198 Å². The molecule has 1 aliphatic rings. The molecule has 0 radical (unpaired) electrons. The summed E-state index contributed by atoms with van der Waals surface area (Å²) in [5.74, 6) is -0.124. The third-order valence-corrected chi connectivity index (χ3v) is 8.65. The number of amides is 1. The molecule has 4 rings (SSSR count). The van der Waals surface area contributed by atoms with Gasteiger partial charge in [-0.3, -0.25) is 18.9 Å². The first-order chi connectivity index (χ1) is 15.8. The van der Waals surface area contributed by atoms with Crippen LogP contribution in [-0.4, -0.2) is 37.5 Å². The minimum Gasteiger partial charge on any atom is -0.346 e. The molecule has 0 spiro atoms. The molecule has 33 heavy (non-hydrogen) atoms. The van der Waals surface area contributed by atoms with Crippen molar-refractivity contribution in [3.8, 4) is 10.4 Å². The molecule has 2 aromatic carbocycles. The zero-order valence-corrected chi connectivity index (χ0v) is 19.7. The molecule has 176 valence electrons. The fourth-order valence-electron chi connectivity index (χ4n) is 4.29. The lowest BCUT2D eigenvalue weighted by Gasteiger charge is -2.47. The van der Waals surface area contributed by atoms with Gasteiger partial charge in [-0.2, -0.15) is 10.6 Å². The Morgan fingerprint density at radius 1 is 1.21 bits per heavy atom. The second kappa shape index (κ2) is 9.90. The zero-order chi connectivity index (χ0) is 23.5. The minimum absolute atomic E-state index is 0.0425. The van der Waals surface area contributed by atoms with Gasteiger partial charge in [-0.1, -0.05) is 36.4 Å². The number of thiazole rings is 1. The molecular formula is C24H28FN3O3S2. The van der Waals surface area contributed by atoms with E-state index in [-0.39, 0.29) is 36.1 Å². The van der Waals surface area contributed by atoms with Crippen molar-refractivity contribution in [2.24, 2.45) is 5.73 Å². The summed E-state index contributed by atoms with van der Waals surface area (Å²) < 4.78 is 34.3. The average Bonchev–Trinajstić information content (AvgIpc) is 3.32. The first-order valence-electron chi connectivity index (χ1n) is 10.8. The summed E-state index contributed by atoms with van der Waals surface area (Å²) in [6.07, 6.45) is 2.93. The quantitative estimate of drug-likeness (QED) is 0.382. The van der Waals surface area contributed by atoms with Crippen LogP contribution in [0.1, 0.15) is 30.4 Å². The number of aromatic nitrogens is 1. The van der Waals surface area contributed by atoms with Crippen molar-refractivity contribution in [3.05, 3.63) is 77.2 Å². The molecule has 0 saturated carbocycles. The molecule has 1 amide bonds. The van der Waals surface area contributed by atoms with E-state index in [1.54, 1.807) is 29.9 Å². The normalized spacial score (nSPS) is 18.9. The summed E-state index contributed by atoms with van der Waals surface area (Å²) in [6.45, 7) is 0. The Morgan fingerprint density at radius 3 is 2.67 bits per heavy atom. The number of benzene rings is 2. The predicted octanol–water partition coefficient (Wildman–Crippen LogP) is 4.77. The van der Waals surface area contributed by atoms with E-state index in [0.717, 1.165) is 16.0 Å². The van der Waals surface area contributed by atoms with E-state index in [4.69, 9.17) is 5.73 Å².